The van der Waals surface area contributed by atoms with E-state index in [0.717, 1.165) is 11.4 Å². The molecule has 0 spiro atoms. The highest BCUT2D eigenvalue weighted by Gasteiger charge is 2.17. The van der Waals surface area contributed by atoms with Gasteiger partial charge in [-0.2, -0.15) is 5.10 Å². The van der Waals surface area contributed by atoms with E-state index in [0.29, 0.717) is 0 Å². The van der Waals surface area contributed by atoms with Crippen LogP contribution in [0.15, 0.2) is 23.6 Å². The molecule has 2 aromatic heterocycles. The van der Waals surface area contributed by atoms with Crippen LogP contribution < -0.4 is 11.3 Å². The molecule has 1 atom stereocenters. The fraction of sp³-hybridized carbons (Fsp3) is 0.300. The number of rotatable bonds is 3. The third-order valence-corrected chi connectivity index (χ3v) is 3.27. The summed E-state index contributed by atoms with van der Waals surface area (Å²) in [6.07, 6.45) is 0. The molecule has 80 valence electrons. The van der Waals surface area contributed by atoms with Crippen LogP contribution in [0.5, 0.6) is 0 Å². The van der Waals surface area contributed by atoms with Crippen molar-refractivity contribution in [3.05, 3.63) is 39.8 Å². The smallest absolute Gasteiger partial charge is 0.0969 e. The maximum absolute atomic E-state index is 5.59. The van der Waals surface area contributed by atoms with Crippen molar-refractivity contribution in [3.8, 4) is 0 Å². The van der Waals surface area contributed by atoms with Gasteiger partial charge in [0.05, 0.1) is 17.4 Å². The van der Waals surface area contributed by atoms with Crippen LogP contribution in [0.1, 0.15) is 22.3 Å². The van der Waals surface area contributed by atoms with Gasteiger partial charge in [0.15, 0.2) is 0 Å². The van der Waals surface area contributed by atoms with E-state index in [1.54, 1.807) is 11.3 Å². The molecule has 0 aliphatic rings. The van der Waals surface area contributed by atoms with Crippen molar-refractivity contribution < 1.29 is 0 Å². The normalized spacial score (nSPS) is 13.0. The second kappa shape index (κ2) is 4.14. The van der Waals surface area contributed by atoms with Crippen molar-refractivity contribution in [2.24, 2.45) is 12.9 Å². The van der Waals surface area contributed by atoms with Gasteiger partial charge in [0.1, 0.15) is 0 Å². The first kappa shape index (κ1) is 10.4. The lowest BCUT2D eigenvalue weighted by atomic mass is 10.1. The summed E-state index contributed by atoms with van der Waals surface area (Å²) in [6.45, 7) is 1.98. The lowest BCUT2D eigenvalue weighted by Gasteiger charge is -2.14. The van der Waals surface area contributed by atoms with Crippen molar-refractivity contribution in [2.75, 3.05) is 0 Å². The predicted octanol–water partition coefficient (Wildman–Crippen LogP) is 1.34. The second-order valence-electron chi connectivity index (χ2n) is 3.45. The zero-order chi connectivity index (χ0) is 10.8. The summed E-state index contributed by atoms with van der Waals surface area (Å²) in [5.41, 5.74) is 4.91. The van der Waals surface area contributed by atoms with E-state index in [2.05, 4.69) is 16.6 Å². The molecule has 0 aliphatic carbocycles. The van der Waals surface area contributed by atoms with Gasteiger partial charge in [-0.1, -0.05) is 6.07 Å². The molecular formula is C10H14N4S. The fourth-order valence-corrected chi connectivity index (χ4v) is 2.47. The summed E-state index contributed by atoms with van der Waals surface area (Å²) in [7, 11) is 1.93. The summed E-state index contributed by atoms with van der Waals surface area (Å²) in [6, 6.07) is 6.16. The van der Waals surface area contributed by atoms with Gasteiger partial charge < -0.3 is 0 Å². The van der Waals surface area contributed by atoms with E-state index < -0.39 is 0 Å². The van der Waals surface area contributed by atoms with Crippen molar-refractivity contribution in [3.63, 3.8) is 0 Å². The van der Waals surface area contributed by atoms with Crippen LogP contribution >= 0.6 is 11.3 Å². The zero-order valence-corrected chi connectivity index (χ0v) is 9.58. The van der Waals surface area contributed by atoms with Gasteiger partial charge in [0, 0.05) is 11.9 Å². The molecule has 5 heteroatoms. The number of nitrogens with two attached hydrogens (primary N) is 1. The molecule has 4 nitrogen and oxygen atoms in total. The summed E-state index contributed by atoms with van der Waals surface area (Å²) >= 11 is 1.68. The average Bonchev–Trinajstić information content (AvgIpc) is 2.79. The van der Waals surface area contributed by atoms with Gasteiger partial charge in [-0.3, -0.25) is 10.5 Å². The third-order valence-electron chi connectivity index (χ3n) is 2.33. The lowest BCUT2D eigenvalue weighted by molar-refractivity contribution is 0.581. The Morgan fingerprint density at radius 2 is 2.40 bits per heavy atom. The Morgan fingerprint density at radius 1 is 1.60 bits per heavy atom. The molecule has 0 radical (unpaired) electrons. The molecular weight excluding hydrogens is 208 g/mol. The lowest BCUT2D eigenvalue weighted by Crippen LogP contribution is -2.29. The Balaban J connectivity index is 2.39. The monoisotopic (exact) mass is 222 g/mol. The number of hydrazine groups is 1. The molecule has 0 fully saturated rings. The largest absolute Gasteiger partial charge is 0.270 e. The number of aromatic nitrogens is 2. The summed E-state index contributed by atoms with van der Waals surface area (Å²) in [4.78, 5) is 1.19. The minimum atomic E-state index is 0.0243. The zero-order valence-electron chi connectivity index (χ0n) is 8.77. The molecule has 2 aromatic rings. The Labute approximate surface area is 92.7 Å². The van der Waals surface area contributed by atoms with Crippen molar-refractivity contribution in [1.82, 2.24) is 15.2 Å². The Kier molecular flexibility index (Phi) is 2.86. The Morgan fingerprint density at radius 3 is 2.87 bits per heavy atom. The molecule has 1 unspecified atom stereocenters. The number of hydrogen-bond donors (Lipinski definition) is 2. The topological polar surface area (TPSA) is 55.9 Å². The number of thiophene rings is 1. The van der Waals surface area contributed by atoms with E-state index in [1.807, 2.05) is 36.2 Å². The van der Waals surface area contributed by atoms with E-state index in [-0.39, 0.29) is 6.04 Å². The third kappa shape index (κ3) is 1.94. The van der Waals surface area contributed by atoms with E-state index >= 15 is 0 Å². The van der Waals surface area contributed by atoms with Crippen LogP contribution in [0.25, 0.3) is 0 Å². The fourth-order valence-electron chi connectivity index (χ4n) is 1.67. The first-order chi connectivity index (χ1) is 7.22. The number of aryl methyl sites for hydroxylation is 2. The molecule has 2 heterocycles. The van der Waals surface area contributed by atoms with Gasteiger partial charge in [-0.05, 0) is 24.4 Å². The molecule has 2 rings (SSSR count). The van der Waals surface area contributed by atoms with Gasteiger partial charge in [-0.15, -0.1) is 11.3 Å². The summed E-state index contributed by atoms with van der Waals surface area (Å²) in [5, 5.41) is 6.36. The first-order valence-corrected chi connectivity index (χ1v) is 5.60. The SMILES string of the molecule is Cc1cc(C(NN)c2cccs2)n(C)n1. The number of hydrogen-bond acceptors (Lipinski definition) is 4. The molecule has 0 saturated carbocycles. The highest BCUT2D eigenvalue weighted by atomic mass is 32.1. The highest BCUT2D eigenvalue weighted by molar-refractivity contribution is 7.10. The molecule has 0 aliphatic heterocycles. The Hall–Kier alpha value is -1.17. The van der Waals surface area contributed by atoms with E-state index in [1.165, 1.54) is 4.88 Å². The van der Waals surface area contributed by atoms with E-state index in [9.17, 15) is 0 Å². The molecule has 0 saturated heterocycles. The van der Waals surface area contributed by atoms with Crippen molar-refractivity contribution in [2.45, 2.75) is 13.0 Å². The average molecular weight is 222 g/mol. The molecule has 0 aromatic carbocycles. The van der Waals surface area contributed by atoms with Crippen LogP contribution in [-0.2, 0) is 7.05 Å². The maximum atomic E-state index is 5.59. The van der Waals surface area contributed by atoms with Gasteiger partial charge in [0.2, 0.25) is 0 Å². The quantitative estimate of drug-likeness (QED) is 0.608. The van der Waals surface area contributed by atoms with Crippen LogP contribution in [0.4, 0.5) is 0 Å². The van der Waals surface area contributed by atoms with Crippen LogP contribution in [0.3, 0.4) is 0 Å². The maximum Gasteiger partial charge on any atom is 0.0969 e. The standard InChI is InChI=1S/C10H14N4S/c1-7-6-8(14(2)13-7)10(12-11)9-4-3-5-15-9/h3-6,10,12H,11H2,1-2H3. The van der Waals surface area contributed by atoms with Crippen LogP contribution in [0.2, 0.25) is 0 Å². The predicted molar refractivity (Wildman–Crippen MR) is 61.4 cm³/mol. The van der Waals surface area contributed by atoms with Gasteiger partial charge in [-0.25, -0.2) is 5.43 Å². The minimum absolute atomic E-state index is 0.0243. The Bertz CT molecular complexity index is 432. The van der Waals surface area contributed by atoms with Gasteiger partial charge in [0.25, 0.3) is 0 Å². The van der Waals surface area contributed by atoms with E-state index in [4.69, 9.17) is 5.84 Å². The molecule has 3 N–H and O–H groups in total. The van der Waals surface area contributed by atoms with Crippen molar-refractivity contribution >= 4 is 11.3 Å². The highest BCUT2D eigenvalue weighted by Crippen LogP contribution is 2.25. The van der Waals surface area contributed by atoms with Gasteiger partial charge >= 0.3 is 0 Å². The number of nitrogens with zero attached hydrogens (tertiary/aromatic N) is 2. The first-order valence-electron chi connectivity index (χ1n) is 4.72. The summed E-state index contributed by atoms with van der Waals surface area (Å²) < 4.78 is 1.86. The van der Waals surface area contributed by atoms with Crippen molar-refractivity contribution in [1.29, 1.82) is 0 Å². The molecule has 15 heavy (non-hydrogen) atoms. The molecule has 0 amide bonds. The minimum Gasteiger partial charge on any atom is -0.270 e. The number of nitrogens with one attached hydrogen (secondary N) is 1. The molecule has 0 bridgehead atoms. The van der Waals surface area contributed by atoms with Crippen LogP contribution in [-0.4, -0.2) is 9.78 Å². The summed E-state index contributed by atoms with van der Waals surface area (Å²) in [5.74, 6) is 5.59. The second-order valence-corrected chi connectivity index (χ2v) is 4.43. The van der Waals surface area contributed by atoms with Crippen LogP contribution in [0, 0.1) is 6.92 Å².